The van der Waals surface area contributed by atoms with Crippen LogP contribution >= 0.6 is 11.8 Å². The first-order valence-corrected chi connectivity index (χ1v) is 11.2. The van der Waals surface area contributed by atoms with Gasteiger partial charge in [-0.05, 0) is 29.8 Å². The largest absolute Gasteiger partial charge is 0.461 e. The van der Waals surface area contributed by atoms with Crippen molar-refractivity contribution in [2.45, 2.75) is 17.5 Å². The number of hydrogen-bond acceptors (Lipinski definition) is 9. The number of rotatable bonds is 7. The molecule has 0 radical (unpaired) electrons. The van der Waals surface area contributed by atoms with Crippen LogP contribution in [0.25, 0.3) is 23.0 Å². The van der Waals surface area contributed by atoms with Gasteiger partial charge in [-0.25, -0.2) is 0 Å². The minimum atomic E-state index is 0.242. The molecule has 10 heteroatoms. The van der Waals surface area contributed by atoms with Gasteiger partial charge < -0.3 is 18.4 Å². The van der Waals surface area contributed by atoms with E-state index >= 15 is 0 Å². The van der Waals surface area contributed by atoms with Gasteiger partial charge in [-0.1, -0.05) is 53.3 Å². The van der Waals surface area contributed by atoms with Crippen LogP contribution in [-0.2, 0) is 12.3 Å². The Balaban J connectivity index is 1.28. The molecular formula is C23H17N5O4S. The van der Waals surface area contributed by atoms with E-state index in [1.165, 1.54) is 11.8 Å². The topological polar surface area (TPSA) is 101 Å². The normalized spacial score (nSPS) is 12.4. The minimum absolute atomic E-state index is 0.242. The highest BCUT2D eigenvalue weighted by atomic mass is 32.2. The molecular weight excluding hydrogens is 442 g/mol. The molecule has 0 aliphatic carbocycles. The predicted octanol–water partition coefficient (Wildman–Crippen LogP) is 4.66. The quantitative estimate of drug-likeness (QED) is 0.322. The number of fused-ring (bicyclic) bond motifs is 1. The Morgan fingerprint density at radius 2 is 1.85 bits per heavy atom. The molecule has 0 unspecified atom stereocenters. The van der Waals surface area contributed by atoms with E-state index in [1.54, 1.807) is 18.4 Å². The smallest absolute Gasteiger partial charge is 0.238 e. The number of thioether (sulfide) groups is 1. The van der Waals surface area contributed by atoms with Crippen molar-refractivity contribution < 1.29 is 18.4 Å². The molecule has 33 heavy (non-hydrogen) atoms. The first kappa shape index (κ1) is 19.6. The first-order valence-electron chi connectivity index (χ1n) is 10.2. The third kappa shape index (κ3) is 3.96. The van der Waals surface area contributed by atoms with Crippen molar-refractivity contribution in [3.63, 3.8) is 0 Å². The van der Waals surface area contributed by atoms with Gasteiger partial charge in [-0.15, -0.1) is 10.2 Å². The molecule has 164 valence electrons. The van der Waals surface area contributed by atoms with Crippen molar-refractivity contribution in [2.75, 3.05) is 6.79 Å². The molecule has 6 rings (SSSR count). The van der Waals surface area contributed by atoms with E-state index in [0.29, 0.717) is 29.8 Å². The molecule has 0 atom stereocenters. The van der Waals surface area contributed by atoms with E-state index in [1.807, 2.05) is 48.5 Å². The number of furan rings is 1. The van der Waals surface area contributed by atoms with Gasteiger partial charge in [0.05, 0.1) is 18.6 Å². The SMILES string of the molecule is c1ccc(-c2nnc(SCc3nc(-c4ccco4)no3)n2Cc2ccc3c(c2)OCO3)cc1. The molecule has 0 saturated carbocycles. The lowest BCUT2D eigenvalue weighted by atomic mass is 10.2. The van der Waals surface area contributed by atoms with Crippen LogP contribution in [0.15, 0.2) is 81.0 Å². The molecule has 0 bridgehead atoms. The second kappa shape index (κ2) is 8.47. The zero-order valence-corrected chi connectivity index (χ0v) is 18.1. The molecule has 0 saturated heterocycles. The summed E-state index contributed by atoms with van der Waals surface area (Å²) in [5.74, 6) is 4.18. The molecule has 0 spiro atoms. The summed E-state index contributed by atoms with van der Waals surface area (Å²) >= 11 is 1.48. The van der Waals surface area contributed by atoms with Gasteiger partial charge >= 0.3 is 0 Å². The van der Waals surface area contributed by atoms with Crippen LogP contribution in [0.1, 0.15) is 11.5 Å². The fraction of sp³-hybridized carbons (Fsp3) is 0.130. The van der Waals surface area contributed by atoms with Crippen LogP contribution in [0.2, 0.25) is 0 Å². The van der Waals surface area contributed by atoms with Gasteiger partial charge in [0.2, 0.25) is 18.5 Å². The summed E-state index contributed by atoms with van der Waals surface area (Å²) in [6.07, 6.45) is 1.57. The third-order valence-electron chi connectivity index (χ3n) is 5.06. The Bertz CT molecular complexity index is 1380. The van der Waals surface area contributed by atoms with Crippen LogP contribution in [-0.4, -0.2) is 31.7 Å². The summed E-state index contributed by atoms with van der Waals surface area (Å²) in [5.41, 5.74) is 2.03. The lowest BCUT2D eigenvalue weighted by Crippen LogP contribution is -2.04. The van der Waals surface area contributed by atoms with Crippen molar-refractivity contribution in [1.82, 2.24) is 24.9 Å². The van der Waals surface area contributed by atoms with E-state index in [9.17, 15) is 0 Å². The summed E-state index contributed by atoms with van der Waals surface area (Å²) in [4.78, 5) is 4.41. The van der Waals surface area contributed by atoms with Crippen LogP contribution in [0.3, 0.4) is 0 Å². The minimum Gasteiger partial charge on any atom is -0.461 e. The van der Waals surface area contributed by atoms with Gasteiger partial charge in [0, 0.05) is 5.56 Å². The first-order chi connectivity index (χ1) is 16.3. The molecule has 4 heterocycles. The summed E-state index contributed by atoms with van der Waals surface area (Å²) in [6, 6.07) is 19.5. The zero-order chi connectivity index (χ0) is 22.0. The number of nitrogens with zero attached hydrogens (tertiary/aromatic N) is 5. The van der Waals surface area contributed by atoms with E-state index in [0.717, 1.165) is 33.6 Å². The molecule has 3 aromatic heterocycles. The van der Waals surface area contributed by atoms with E-state index in [-0.39, 0.29) is 6.79 Å². The summed E-state index contributed by atoms with van der Waals surface area (Å²) in [5, 5.41) is 13.6. The fourth-order valence-electron chi connectivity index (χ4n) is 3.51. The van der Waals surface area contributed by atoms with Gasteiger partial charge in [0.1, 0.15) is 0 Å². The molecule has 1 aliphatic heterocycles. The van der Waals surface area contributed by atoms with Gasteiger partial charge in [-0.2, -0.15) is 4.98 Å². The standard InChI is InChI=1S/C23H17N5O4S/c1-2-5-16(6-3-1)22-25-26-23(28(22)12-15-8-9-17-19(11-15)31-14-30-17)33-13-20-24-21(27-32-20)18-7-4-10-29-18/h1-11H,12-14H2. The lowest BCUT2D eigenvalue weighted by molar-refractivity contribution is 0.174. The van der Waals surface area contributed by atoms with E-state index in [4.69, 9.17) is 18.4 Å². The van der Waals surface area contributed by atoms with Gasteiger partial charge in [-0.3, -0.25) is 4.57 Å². The number of aromatic nitrogens is 5. The molecule has 9 nitrogen and oxygen atoms in total. The Morgan fingerprint density at radius 1 is 0.939 bits per heavy atom. The molecule has 2 aromatic carbocycles. The molecule has 5 aromatic rings. The maximum Gasteiger partial charge on any atom is 0.238 e. The van der Waals surface area contributed by atoms with Crippen molar-refractivity contribution in [3.05, 3.63) is 78.4 Å². The summed E-state index contributed by atoms with van der Waals surface area (Å²) in [6.45, 7) is 0.809. The van der Waals surface area contributed by atoms with Crippen LogP contribution in [0, 0.1) is 0 Å². The zero-order valence-electron chi connectivity index (χ0n) is 17.2. The highest BCUT2D eigenvalue weighted by Gasteiger charge is 2.19. The maximum absolute atomic E-state index is 5.54. The molecule has 0 N–H and O–H groups in total. The third-order valence-corrected chi connectivity index (χ3v) is 6.01. The monoisotopic (exact) mass is 459 g/mol. The second-order valence-corrected chi connectivity index (χ2v) is 8.17. The van der Waals surface area contributed by atoms with Crippen molar-refractivity contribution >= 4 is 11.8 Å². The Kier molecular flexibility index (Phi) is 5.04. The highest BCUT2D eigenvalue weighted by Crippen LogP contribution is 2.34. The fourth-order valence-corrected chi connectivity index (χ4v) is 4.28. The summed E-state index contributed by atoms with van der Waals surface area (Å²) < 4.78 is 23.8. The maximum atomic E-state index is 5.54. The Hall–Kier alpha value is -4.05. The van der Waals surface area contributed by atoms with Crippen molar-refractivity contribution in [1.29, 1.82) is 0 Å². The summed E-state index contributed by atoms with van der Waals surface area (Å²) in [7, 11) is 0. The average molecular weight is 459 g/mol. The number of benzene rings is 2. The van der Waals surface area contributed by atoms with E-state index < -0.39 is 0 Å². The Morgan fingerprint density at radius 3 is 2.73 bits per heavy atom. The predicted molar refractivity (Wildman–Crippen MR) is 119 cm³/mol. The molecule has 1 aliphatic rings. The number of ether oxygens (including phenoxy) is 2. The van der Waals surface area contributed by atoms with Crippen LogP contribution in [0.4, 0.5) is 0 Å². The van der Waals surface area contributed by atoms with Crippen molar-refractivity contribution in [2.24, 2.45) is 0 Å². The van der Waals surface area contributed by atoms with Crippen molar-refractivity contribution in [3.8, 4) is 34.5 Å². The molecule has 0 fully saturated rings. The van der Waals surface area contributed by atoms with Gasteiger partial charge in [0.25, 0.3) is 0 Å². The lowest BCUT2D eigenvalue weighted by Gasteiger charge is -2.10. The second-order valence-electron chi connectivity index (χ2n) is 7.22. The highest BCUT2D eigenvalue weighted by molar-refractivity contribution is 7.98. The average Bonchev–Trinajstić information content (AvgIpc) is 3.65. The van der Waals surface area contributed by atoms with Crippen LogP contribution < -0.4 is 9.47 Å². The van der Waals surface area contributed by atoms with E-state index in [2.05, 4.69) is 24.9 Å². The number of hydrogen-bond donors (Lipinski definition) is 0. The van der Waals surface area contributed by atoms with Crippen LogP contribution in [0.5, 0.6) is 11.5 Å². The molecule has 0 amide bonds. The van der Waals surface area contributed by atoms with Gasteiger partial charge in [0.15, 0.2) is 28.2 Å². The Labute approximate surface area is 192 Å².